The lowest BCUT2D eigenvalue weighted by Gasteiger charge is -1.98. The van der Waals surface area contributed by atoms with E-state index in [0.29, 0.717) is 5.69 Å². The SMILES string of the molecule is Cc1sccc1-c1cc(F)ccn1. The molecule has 0 atom stereocenters. The molecule has 0 amide bonds. The first-order valence-electron chi connectivity index (χ1n) is 3.93. The van der Waals surface area contributed by atoms with Crippen molar-refractivity contribution in [1.29, 1.82) is 0 Å². The van der Waals surface area contributed by atoms with Crippen LogP contribution in [0.3, 0.4) is 0 Å². The summed E-state index contributed by atoms with van der Waals surface area (Å²) in [6, 6.07) is 4.77. The van der Waals surface area contributed by atoms with Crippen LogP contribution in [-0.4, -0.2) is 4.98 Å². The Morgan fingerprint density at radius 3 is 2.85 bits per heavy atom. The summed E-state index contributed by atoms with van der Waals surface area (Å²) >= 11 is 1.64. The number of aromatic nitrogens is 1. The lowest BCUT2D eigenvalue weighted by atomic mass is 10.2. The molecule has 0 radical (unpaired) electrons. The Morgan fingerprint density at radius 1 is 1.38 bits per heavy atom. The van der Waals surface area contributed by atoms with Crippen LogP contribution in [0, 0.1) is 12.7 Å². The number of hydrogen-bond donors (Lipinski definition) is 0. The molecule has 2 heterocycles. The van der Waals surface area contributed by atoms with E-state index in [1.54, 1.807) is 11.3 Å². The smallest absolute Gasteiger partial charge is 0.126 e. The molecule has 3 heteroatoms. The second-order valence-electron chi connectivity index (χ2n) is 2.75. The number of pyridine rings is 1. The predicted octanol–water partition coefficient (Wildman–Crippen LogP) is 3.26. The van der Waals surface area contributed by atoms with Crippen molar-refractivity contribution in [1.82, 2.24) is 4.98 Å². The standard InChI is InChI=1S/C10H8FNS/c1-7-9(3-5-13-7)10-6-8(11)2-4-12-10/h2-6H,1H3. The van der Waals surface area contributed by atoms with Gasteiger partial charge < -0.3 is 0 Å². The number of thiophene rings is 1. The molecule has 0 aliphatic carbocycles. The molecule has 13 heavy (non-hydrogen) atoms. The van der Waals surface area contributed by atoms with E-state index in [-0.39, 0.29) is 5.82 Å². The fraction of sp³-hybridized carbons (Fsp3) is 0.100. The van der Waals surface area contributed by atoms with Crippen molar-refractivity contribution in [3.63, 3.8) is 0 Å². The van der Waals surface area contributed by atoms with Gasteiger partial charge in [-0.1, -0.05) is 0 Å². The van der Waals surface area contributed by atoms with Crippen LogP contribution in [0.5, 0.6) is 0 Å². The minimum Gasteiger partial charge on any atom is -0.256 e. The maximum atomic E-state index is 12.9. The Morgan fingerprint density at radius 2 is 2.23 bits per heavy atom. The summed E-state index contributed by atoms with van der Waals surface area (Å²) in [4.78, 5) is 5.27. The van der Waals surface area contributed by atoms with Crippen molar-refractivity contribution in [2.24, 2.45) is 0 Å². The molecule has 66 valence electrons. The predicted molar refractivity (Wildman–Crippen MR) is 52.2 cm³/mol. The van der Waals surface area contributed by atoms with Crippen molar-refractivity contribution in [2.45, 2.75) is 6.92 Å². The maximum absolute atomic E-state index is 12.9. The van der Waals surface area contributed by atoms with Gasteiger partial charge in [-0.25, -0.2) is 4.39 Å². The van der Waals surface area contributed by atoms with E-state index < -0.39 is 0 Å². The normalized spacial score (nSPS) is 10.3. The van der Waals surface area contributed by atoms with E-state index in [4.69, 9.17) is 0 Å². The summed E-state index contributed by atoms with van der Waals surface area (Å²) in [5.41, 5.74) is 1.73. The van der Waals surface area contributed by atoms with Gasteiger partial charge in [-0.05, 0) is 24.4 Å². The molecule has 0 aromatic carbocycles. The molecule has 0 bridgehead atoms. The Labute approximate surface area is 79.9 Å². The van der Waals surface area contributed by atoms with Crippen molar-refractivity contribution in [3.05, 3.63) is 40.5 Å². The van der Waals surface area contributed by atoms with Crippen LogP contribution in [0.4, 0.5) is 4.39 Å². The molecule has 1 nitrogen and oxygen atoms in total. The van der Waals surface area contributed by atoms with Gasteiger partial charge in [-0.3, -0.25) is 4.98 Å². The zero-order valence-electron chi connectivity index (χ0n) is 7.12. The van der Waals surface area contributed by atoms with E-state index in [9.17, 15) is 4.39 Å². The zero-order chi connectivity index (χ0) is 9.26. The van der Waals surface area contributed by atoms with E-state index in [2.05, 4.69) is 4.98 Å². The fourth-order valence-corrected chi connectivity index (χ4v) is 1.91. The number of nitrogens with zero attached hydrogens (tertiary/aromatic N) is 1. The number of rotatable bonds is 1. The van der Waals surface area contributed by atoms with Gasteiger partial charge in [0.05, 0.1) is 5.69 Å². The van der Waals surface area contributed by atoms with Crippen LogP contribution in [0.1, 0.15) is 4.88 Å². The van der Waals surface area contributed by atoms with Crippen LogP contribution in [0.25, 0.3) is 11.3 Å². The maximum Gasteiger partial charge on any atom is 0.126 e. The monoisotopic (exact) mass is 193 g/mol. The minimum absolute atomic E-state index is 0.240. The Bertz CT molecular complexity index is 422. The molecule has 0 saturated carbocycles. The summed E-state index contributed by atoms with van der Waals surface area (Å²) in [5, 5.41) is 1.98. The topological polar surface area (TPSA) is 12.9 Å². The third-order valence-electron chi connectivity index (χ3n) is 1.86. The van der Waals surface area contributed by atoms with Gasteiger partial charge in [0.1, 0.15) is 5.82 Å². The second kappa shape index (κ2) is 3.26. The first-order chi connectivity index (χ1) is 6.27. The van der Waals surface area contributed by atoms with E-state index in [0.717, 1.165) is 10.4 Å². The van der Waals surface area contributed by atoms with E-state index >= 15 is 0 Å². The largest absolute Gasteiger partial charge is 0.256 e. The molecule has 2 rings (SSSR count). The molecule has 0 N–H and O–H groups in total. The highest BCUT2D eigenvalue weighted by atomic mass is 32.1. The quantitative estimate of drug-likeness (QED) is 0.677. The third kappa shape index (κ3) is 1.60. The fourth-order valence-electron chi connectivity index (χ4n) is 1.20. The van der Waals surface area contributed by atoms with Crippen LogP contribution in [-0.2, 0) is 0 Å². The van der Waals surface area contributed by atoms with Gasteiger partial charge in [-0.15, -0.1) is 11.3 Å². The number of aryl methyl sites for hydroxylation is 1. The van der Waals surface area contributed by atoms with Crippen molar-refractivity contribution in [2.75, 3.05) is 0 Å². The summed E-state index contributed by atoms with van der Waals surface area (Å²) < 4.78 is 12.9. The molecule has 0 aliphatic rings. The summed E-state index contributed by atoms with van der Waals surface area (Å²) in [6.45, 7) is 2.01. The summed E-state index contributed by atoms with van der Waals surface area (Å²) in [7, 11) is 0. The summed E-state index contributed by atoms with van der Waals surface area (Å²) in [5.74, 6) is -0.240. The average molecular weight is 193 g/mol. The molecule has 0 saturated heterocycles. The number of halogens is 1. The van der Waals surface area contributed by atoms with Crippen molar-refractivity contribution >= 4 is 11.3 Å². The molecule has 0 spiro atoms. The highest BCUT2D eigenvalue weighted by molar-refractivity contribution is 7.10. The second-order valence-corrected chi connectivity index (χ2v) is 3.87. The van der Waals surface area contributed by atoms with E-state index in [1.165, 1.54) is 18.3 Å². The average Bonchev–Trinajstić information content (AvgIpc) is 2.51. The van der Waals surface area contributed by atoms with Crippen LogP contribution in [0.2, 0.25) is 0 Å². The Hall–Kier alpha value is -1.22. The van der Waals surface area contributed by atoms with Crippen LogP contribution in [0.15, 0.2) is 29.8 Å². The number of hydrogen-bond acceptors (Lipinski definition) is 2. The van der Waals surface area contributed by atoms with E-state index in [1.807, 2.05) is 18.4 Å². The van der Waals surface area contributed by atoms with Crippen molar-refractivity contribution < 1.29 is 4.39 Å². The van der Waals surface area contributed by atoms with Gasteiger partial charge in [0.25, 0.3) is 0 Å². The molecule has 0 unspecified atom stereocenters. The molecule has 2 aromatic rings. The molecule has 0 aliphatic heterocycles. The van der Waals surface area contributed by atoms with Crippen LogP contribution < -0.4 is 0 Å². The first kappa shape index (κ1) is 8.38. The van der Waals surface area contributed by atoms with Gasteiger partial charge in [-0.2, -0.15) is 0 Å². The highest BCUT2D eigenvalue weighted by Gasteiger charge is 2.04. The summed E-state index contributed by atoms with van der Waals surface area (Å²) in [6.07, 6.45) is 1.49. The van der Waals surface area contributed by atoms with Gasteiger partial charge in [0, 0.05) is 22.7 Å². The molecule has 0 fully saturated rings. The first-order valence-corrected chi connectivity index (χ1v) is 4.81. The minimum atomic E-state index is -0.240. The molecular weight excluding hydrogens is 185 g/mol. The van der Waals surface area contributed by atoms with Gasteiger partial charge in [0.2, 0.25) is 0 Å². The lowest BCUT2D eigenvalue weighted by Crippen LogP contribution is -1.83. The zero-order valence-corrected chi connectivity index (χ0v) is 7.94. The lowest BCUT2D eigenvalue weighted by molar-refractivity contribution is 0.626. The van der Waals surface area contributed by atoms with Gasteiger partial charge in [0.15, 0.2) is 0 Å². The van der Waals surface area contributed by atoms with Crippen molar-refractivity contribution in [3.8, 4) is 11.3 Å². The van der Waals surface area contributed by atoms with Gasteiger partial charge >= 0.3 is 0 Å². The Kier molecular flexibility index (Phi) is 2.10. The highest BCUT2D eigenvalue weighted by Crippen LogP contribution is 2.25. The third-order valence-corrected chi connectivity index (χ3v) is 2.70. The Balaban J connectivity index is 2.53. The molecular formula is C10H8FNS. The van der Waals surface area contributed by atoms with Crippen LogP contribution >= 0.6 is 11.3 Å². The molecule has 2 aromatic heterocycles.